The smallest absolute Gasteiger partial charge is 0.338 e. The molecule has 0 fully saturated rings. The van der Waals surface area contributed by atoms with Crippen molar-refractivity contribution in [3.8, 4) is 11.3 Å². The molecule has 0 saturated carbocycles. The highest BCUT2D eigenvalue weighted by Gasteiger charge is 2.12. The van der Waals surface area contributed by atoms with Crippen LogP contribution in [0.2, 0.25) is 0 Å². The molecule has 0 spiro atoms. The molecule has 1 N–H and O–H groups in total. The molecule has 0 aliphatic rings. The van der Waals surface area contributed by atoms with E-state index in [-0.39, 0.29) is 5.97 Å². The average Bonchev–Trinajstić information content (AvgIpc) is 2.91. The van der Waals surface area contributed by atoms with Crippen LogP contribution in [0.3, 0.4) is 0 Å². The zero-order chi connectivity index (χ0) is 13.9. The number of hydrogen-bond acceptors (Lipinski definition) is 3. The third-order valence-corrected chi connectivity index (χ3v) is 3.12. The average molecular weight is 266 g/mol. The van der Waals surface area contributed by atoms with Gasteiger partial charge in [-0.1, -0.05) is 30.3 Å². The van der Waals surface area contributed by atoms with Gasteiger partial charge in [0.2, 0.25) is 0 Å². The number of H-pyrrole nitrogens is 1. The van der Waals surface area contributed by atoms with Crippen molar-refractivity contribution in [1.29, 1.82) is 0 Å². The number of esters is 1. The summed E-state index contributed by atoms with van der Waals surface area (Å²) >= 11 is 0. The van der Waals surface area contributed by atoms with Gasteiger partial charge < -0.3 is 4.74 Å². The van der Waals surface area contributed by atoms with Crippen molar-refractivity contribution in [2.45, 2.75) is 6.92 Å². The second-order valence-corrected chi connectivity index (χ2v) is 4.42. The predicted molar refractivity (Wildman–Crippen MR) is 77.5 cm³/mol. The molecule has 0 aliphatic heterocycles. The van der Waals surface area contributed by atoms with Crippen LogP contribution in [0.25, 0.3) is 22.2 Å². The second-order valence-electron chi connectivity index (χ2n) is 4.42. The minimum Gasteiger partial charge on any atom is -0.462 e. The molecular weight excluding hydrogens is 252 g/mol. The zero-order valence-corrected chi connectivity index (χ0v) is 11.1. The summed E-state index contributed by atoms with van der Waals surface area (Å²) in [5, 5.41) is 8.24. The Hall–Kier alpha value is -2.62. The van der Waals surface area contributed by atoms with Gasteiger partial charge in [-0.2, -0.15) is 5.10 Å². The van der Waals surface area contributed by atoms with Crippen LogP contribution in [-0.4, -0.2) is 22.8 Å². The molecule has 0 amide bonds. The first kappa shape index (κ1) is 12.4. The van der Waals surface area contributed by atoms with Crippen LogP contribution in [0.5, 0.6) is 0 Å². The van der Waals surface area contributed by atoms with Crippen molar-refractivity contribution in [3.05, 3.63) is 54.1 Å². The molecule has 0 saturated heterocycles. The Labute approximate surface area is 116 Å². The number of rotatable bonds is 3. The molecule has 2 aromatic carbocycles. The van der Waals surface area contributed by atoms with Crippen LogP contribution in [-0.2, 0) is 4.74 Å². The summed E-state index contributed by atoms with van der Waals surface area (Å²) in [7, 11) is 0. The van der Waals surface area contributed by atoms with Crippen LogP contribution in [0.1, 0.15) is 17.3 Å². The van der Waals surface area contributed by atoms with E-state index in [4.69, 9.17) is 4.74 Å². The van der Waals surface area contributed by atoms with Crippen molar-refractivity contribution in [1.82, 2.24) is 10.2 Å². The Kier molecular flexibility index (Phi) is 3.21. The first-order chi connectivity index (χ1) is 9.79. The van der Waals surface area contributed by atoms with Crippen LogP contribution >= 0.6 is 0 Å². The number of ether oxygens (including phenoxy) is 1. The quantitative estimate of drug-likeness (QED) is 0.739. The van der Waals surface area contributed by atoms with Crippen molar-refractivity contribution < 1.29 is 9.53 Å². The number of benzene rings is 2. The Morgan fingerprint density at radius 3 is 2.75 bits per heavy atom. The summed E-state index contributed by atoms with van der Waals surface area (Å²) in [5.74, 6) is -0.311. The Balaban J connectivity index is 2.11. The van der Waals surface area contributed by atoms with Gasteiger partial charge in [0, 0.05) is 10.9 Å². The predicted octanol–water partition coefficient (Wildman–Crippen LogP) is 3.41. The summed E-state index contributed by atoms with van der Waals surface area (Å²) in [6, 6.07) is 15.3. The van der Waals surface area contributed by atoms with Crippen molar-refractivity contribution in [2.75, 3.05) is 6.61 Å². The molecule has 3 rings (SSSR count). The highest BCUT2D eigenvalue weighted by Crippen LogP contribution is 2.26. The number of carbonyl (C=O) groups is 1. The van der Waals surface area contributed by atoms with Gasteiger partial charge in [-0.05, 0) is 25.1 Å². The monoisotopic (exact) mass is 266 g/mol. The Morgan fingerprint density at radius 1 is 1.20 bits per heavy atom. The number of fused-ring (bicyclic) bond motifs is 1. The maximum atomic E-state index is 11.8. The molecule has 20 heavy (non-hydrogen) atoms. The largest absolute Gasteiger partial charge is 0.462 e. The molecule has 100 valence electrons. The van der Waals surface area contributed by atoms with Crippen LogP contribution in [0.4, 0.5) is 0 Å². The number of nitrogens with one attached hydrogen (secondary N) is 1. The van der Waals surface area contributed by atoms with E-state index < -0.39 is 0 Å². The summed E-state index contributed by atoms with van der Waals surface area (Å²) in [6.45, 7) is 2.16. The van der Waals surface area contributed by atoms with Gasteiger partial charge in [0.25, 0.3) is 0 Å². The Bertz CT molecular complexity index is 748. The highest BCUT2D eigenvalue weighted by molar-refractivity contribution is 5.99. The van der Waals surface area contributed by atoms with E-state index in [0.29, 0.717) is 12.2 Å². The van der Waals surface area contributed by atoms with E-state index in [1.807, 2.05) is 42.5 Å². The summed E-state index contributed by atoms with van der Waals surface area (Å²) < 4.78 is 5.03. The fourth-order valence-electron chi connectivity index (χ4n) is 2.17. The molecule has 0 bridgehead atoms. The van der Waals surface area contributed by atoms with E-state index in [0.717, 1.165) is 22.2 Å². The molecule has 0 atom stereocenters. The van der Waals surface area contributed by atoms with E-state index in [1.54, 1.807) is 13.0 Å². The Morgan fingerprint density at radius 2 is 2.00 bits per heavy atom. The number of aromatic amines is 1. The lowest BCUT2D eigenvalue weighted by Gasteiger charge is -2.02. The molecule has 0 aliphatic carbocycles. The SMILES string of the molecule is CCOC(=O)c1ccc2[nH]nc(-c3ccccc3)c2c1. The minimum absolute atomic E-state index is 0.311. The topological polar surface area (TPSA) is 55.0 Å². The fraction of sp³-hybridized carbons (Fsp3) is 0.125. The molecule has 1 aromatic heterocycles. The number of hydrogen-bond donors (Lipinski definition) is 1. The third kappa shape index (κ3) is 2.16. The molecule has 0 radical (unpaired) electrons. The van der Waals surface area contributed by atoms with Gasteiger partial charge in [-0.25, -0.2) is 4.79 Å². The van der Waals surface area contributed by atoms with E-state index in [1.165, 1.54) is 0 Å². The lowest BCUT2D eigenvalue weighted by atomic mass is 10.1. The summed E-state index contributed by atoms with van der Waals surface area (Å²) in [4.78, 5) is 11.8. The van der Waals surface area contributed by atoms with E-state index in [9.17, 15) is 4.79 Å². The minimum atomic E-state index is -0.311. The van der Waals surface area contributed by atoms with Crippen molar-refractivity contribution >= 4 is 16.9 Å². The van der Waals surface area contributed by atoms with Crippen molar-refractivity contribution in [2.24, 2.45) is 0 Å². The third-order valence-electron chi connectivity index (χ3n) is 3.12. The fourth-order valence-corrected chi connectivity index (χ4v) is 2.17. The zero-order valence-electron chi connectivity index (χ0n) is 11.1. The van der Waals surface area contributed by atoms with Crippen LogP contribution in [0, 0.1) is 0 Å². The number of nitrogens with zero attached hydrogens (tertiary/aromatic N) is 1. The first-order valence-electron chi connectivity index (χ1n) is 6.50. The molecule has 1 heterocycles. The highest BCUT2D eigenvalue weighted by atomic mass is 16.5. The standard InChI is InChI=1S/C16H14N2O2/c1-2-20-16(19)12-8-9-14-13(10-12)15(18-17-14)11-6-4-3-5-7-11/h3-10H,2H2,1H3,(H,17,18). The van der Waals surface area contributed by atoms with Crippen LogP contribution < -0.4 is 0 Å². The molecular formula is C16H14N2O2. The van der Waals surface area contributed by atoms with Gasteiger partial charge in [-0.3, -0.25) is 5.10 Å². The van der Waals surface area contributed by atoms with E-state index >= 15 is 0 Å². The number of carbonyl (C=O) groups excluding carboxylic acids is 1. The van der Waals surface area contributed by atoms with E-state index in [2.05, 4.69) is 10.2 Å². The number of aromatic nitrogens is 2. The normalized spacial score (nSPS) is 10.7. The lowest BCUT2D eigenvalue weighted by Crippen LogP contribution is -2.04. The molecule has 4 nitrogen and oxygen atoms in total. The van der Waals surface area contributed by atoms with Gasteiger partial charge in [-0.15, -0.1) is 0 Å². The van der Waals surface area contributed by atoms with Gasteiger partial charge in [0.1, 0.15) is 0 Å². The lowest BCUT2D eigenvalue weighted by molar-refractivity contribution is 0.0526. The van der Waals surface area contributed by atoms with Gasteiger partial charge in [0.05, 0.1) is 23.4 Å². The molecule has 0 unspecified atom stereocenters. The van der Waals surface area contributed by atoms with Crippen LogP contribution in [0.15, 0.2) is 48.5 Å². The van der Waals surface area contributed by atoms with Gasteiger partial charge in [0.15, 0.2) is 0 Å². The summed E-state index contributed by atoms with van der Waals surface area (Å²) in [5.41, 5.74) is 3.29. The van der Waals surface area contributed by atoms with Gasteiger partial charge >= 0.3 is 5.97 Å². The second kappa shape index (κ2) is 5.17. The maximum absolute atomic E-state index is 11.8. The van der Waals surface area contributed by atoms with Crippen molar-refractivity contribution in [3.63, 3.8) is 0 Å². The maximum Gasteiger partial charge on any atom is 0.338 e. The molecule has 3 aromatic rings. The molecule has 4 heteroatoms. The first-order valence-corrected chi connectivity index (χ1v) is 6.50. The summed E-state index contributed by atoms with van der Waals surface area (Å²) in [6.07, 6.45) is 0.